The van der Waals surface area contributed by atoms with Crippen molar-refractivity contribution in [2.75, 3.05) is 0 Å². The van der Waals surface area contributed by atoms with Gasteiger partial charge in [-0.25, -0.2) is 0 Å². The molecule has 0 unspecified atom stereocenters. The van der Waals surface area contributed by atoms with Crippen LogP contribution in [0, 0.1) is 5.41 Å². The van der Waals surface area contributed by atoms with Crippen LogP contribution in [0.2, 0.25) is 0 Å². The van der Waals surface area contributed by atoms with Gasteiger partial charge in [-0.05, 0) is 53.4 Å². The van der Waals surface area contributed by atoms with Gasteiger partial charge in [0.1, 0.15) is 5.60 Å². The Hall–Kier alpha value is -0.380. The first-order valence-corrected chi connectivity index (χ1v) is 7.35. The van der Waals surface area contributed by atoms with Crippen LogP contribution in [0.25, 0.3) is 0 Å². The molecule has 0 saturated heterocycles. The minimum Gasteiger partial charge on any atom is -0.390 e. The van der Waals surface area contributed by atoms with Crippen LogP contribution < -0.4 is 0 Å². The Morgan fingerprint density at radius 3 is 2.53 bits per heavy atom. The number of hydrogen-bond donors (Lipinski definition) is 2. The fourth-order valence-electron chi connectivity index (χ4n) is 3.46. The number of aliphatic hydroxyl groups excluding tert-OH is 1. The van der Waals surface area contributed by atoms with Crippen molar-refractivity contribution in [3.63, 3.8) is 0 Å². The molecule has 0 radical (unpaired) electrons. The molecule has 0 aromatic carbocycles. The summed E-state index contributed by atoms with van der Waals surface area (Å²) in [4.78, 5) is 0. The molecule has 1 saturated carbocycles. The zero-order valence-electron chi connectivity index (χ0n) is 12.9. The first kappa shape index (κ1) is 15.0. The lowest BCUT2D eigenvalue weighted by atomic mass is 9.61. The van der Waals surface area contributed by atoms with Crippen LogP contribution >= 0.6 is 0 Å². The number of fused-ring (bicyclic) bond motifs is 1. The van der Waals surface area contributed by atoms with Crippen molar-refractivity contribution >= 4 is 0 Å². The molecule has 3 nitrogen and oxygen atoms in total. The van der Waals surface area contributed by atoms with E-state index in [4.69, 9.17) is 4.74 Å². The van der Waals surface area contributed by atoms with Crippen LogP contribution in [0.5, 0.6) is 0 Å². The standard InChI is InChI=1S/C16H28O3/c1-14(2,3)19-13-8-6-7-11-9-16(5,18)12(17)10-15(11,13)4/h9,12-13,17-18H,6-8,10H2,1-5H3/t12-,13-,15-,16-/m0/s1. The van der Waals surface area contributed by atoms with Crippen LogP contribution in [0.1, 0.15) is 60.3 Å². The van der Waals surface area contributed by atoms with Crippen molar-refractivity contribution < 1.29 is 14.9 Å². The molecule has 2 N–H and O–H groups in total. The normalized spacial score (nSPS) is 43.6. The maximum atomic E-state index is 10.2. The van der Waals surface area contributed by atoms with Crippen LogP contribution in [0.4, 0.5) is 0 Å². The second kappa shape index (κ2) is 4.57. The SMILES string of the molecule is CC(C)(C)O[C@H]1CCCC2=C[C@](C)(O)[C@@H](O)C[C@@]21C. The molecule has 2 aliphatic carbocycles. The van der Waals surface area contributed by atoms with Gasteiger partial charge in [-0.2, -0.15) is 0 Å². The second-order valence-corrected chi connectivity index (χ2v) is 7.64. The minimum absolute atomic E-state index is 0.123. The maximum Gasteiger partial charge on any atom is 0.106 e. The van der Waals surface area contributed by atoms with Crippen molar-refractivity contribution in [2.24, 2.45) is 5.41 Å². The van der Waals surface area contributed by atoms with Crippen molar-refractivity contribution in [3.8, 4) is 0 Å². The molecule has 0 aromatic heterocycles. The van der Waals surface area contributed by atoms with Gasteiger partial charge in [0.15, 0.2) is 0 Å². The molecule has 0 aromatic rings. The van der Waals surface area contributed by atoms with Crippen molar-refractivity contribution in [2.45, 2.75) is 83.7 Å². The van der Waals surface area contributed by atoms with E-state index >= 15 is 0 Å². The van der Waals surface area contributed by atoms with Crippen LogP contribution in [0.3, 0.4) is 0 Å². The predicted octanol–water partition coefficient (Wildman–Crippen LogP) is 2.80. The molecule has 4 atom stereocenters. The van der Waals surface area contributed by atoms with Crippen LogP contribution in [-0.4, -0.2) is 33.6 Å². The Bertz CT molecular complexity index is 378. The average molecular weight is 268 g/mol. The van der Waals surface area contributed by atoms with Crippen molar-refractivity contribution in [1.29, 1.82) is 0 Å². The third kappa shape index (κ3) is 2.88. The summed E-state index contributed by atoms with van der Waals surface area (Å²) in [5.41, 5.74) is -0.171. The lowest BCUT2D eigenvalue weighted by Gasteiger charge is -2.51. The highest BCUT2D eigenvalue weighted by Crippen LogP contribution is 2.51. The van der Waals surface area contributed by atoms with Crippen molar-refractivity contribution in [1.82, 2.24) is 0 Å². The Morgan fingerprint density at radius 1 is 1.32 bits per heavy atom. The first-order chi connectivity index (χ1) is 8.55. The fourth-order valence-corrected chi connectivity index (χ4v) is 3.46. The summed E-state index contributed by atoms with van der Waals surface area (Å²) in [6, 6.07) is 0. The molecule has 19 heavy (non-hydrogen) atoms. The zero-order chi connectivity index (χ0) is 14.5. The molecule has 110 valence electrons. The average Bonchev–Trinajstić information content (AvgIpc) is 2.20. The minimum atomic E-state index is -1.10. The molecular weight excluding hydrogens is 240 g/mol. The topological polar surface area (TPSA) is 49.7 Å². The molecule has 3 heteroatoms. The quantitative estimate of drug-likeness (QED) is 0.719. The molecule has 0 aliphatic heterocycles. The van der Waals surface area contributed by atoms with E-state index in [1.807, 2.05) is 6.08 Å². The summed E-state index contributed by atoms with van der Waals surface area (Å²) >= 11 is 0. The summed E-state index contributed by atoms with van der Waals surface area (Å²) in [6.45, 7) is 10.1. The van der Waals surface area contributed by atoms with E-state index in [-0.39, 0.29) is 17.1 Å². The first-order valence-electron chi connectivity index (χ1n) is 7.35. The van der Waals surface area contributed by atoms with Gasteiger partial charge in [-0.15, -0.1) is 0 Å². The largest absolute Gasteiger partial charge is 0.390 e. The third-order valence-corrected chi connectivity index (χ3v) is 4.61. The summed E-state index contributed by atoms with van der Waals surface area (Å²) in [5.74, 6) is 0. The van der Waals surface area contributed by atoms with Crippen LogP contribution in [-0.2, 0) is 4.74 Å². The Kier molecular flexibility index (Phi) is 3.62. The van der Waals surface area contributed by atoms with E-state index in [1.165, 1.54) is 5.57 Å². The molecule has 0 amide bonds. The van der Waals surface area contributed by atoms with E-state index < -0.39 is 11.7 Å². The highest BCUT2D eigenvalue weighted by atomic mass is 16.5. The van der Waals surface area contributed by atoms with Gasteiger partial charge in [0.05, 0.1) is 17.8 Å². The zero-order valence-corrected chi connectivity index (χ0v) is 12.9. The van der Waals surface area contributed by atoms with Gasteiger partial charge in [-0.3, -0.25) is 0 Å². The monoisotopic (exact) mass is 268 g/mol. The van der Waals surface area contributed by atoms with Gasteiger partial charge < -0.3 is 14.9 Å². The molecule has 1 fully saturated rings. The van der Waals surface area contributed by atoms with Gasteiger partial charge in [0.2, 0.25) is 0 Å². The van der Waals surface area contributed by atoms with Gasteiger partial charge in [0, 0.05) is 5.41 Å². The Morgan fingerprint density at radius 2 is 1.95 bits per heavy atom. The number of rotatable bonds is 1. The molecule has 0 bridgehead atoms. The van der Waals surface area contributed by atoms with Gasteiger partial charge in [0.25, 0.3) is 0 Å². The number of ether oxygens (including phenoxy) is 1. The van der Waals surface area contributed by atoms with E-state index in [1.54, 1.807) is 6.92 Å². The number of aliphatic hydroxyl groups is 2. The third-order valence-electron chi connectivity index (χ3n) is 4.61. The summed E-state index contributed by atoms with van der Waals surface area (Å²) in [5, 5.41) is 20.5. The Balaban J connectivity index is 2.32. The van der Waals surface area contributed by atoms with E-state index in [0.717, 1.165) is 19.3 Å². The van der Waals surface area contributed by atoms with E-state index in [2.05, 4.69) is 27.7 Å². The fraction of sp³-hybridized carbons (Fsp3) is 0.875. The molecule has 2 rings (SSSR count). The molecule has 0 spiro atoms. The van der Waals surface area contributed by atoms with Gasteiger partial charge in [-0.1, -0.05) is 18.6 Å². The van der Waals surface area contributed by atoms with E-state index in [9.17, 15) is 10.2 Å². The summed E-state index contributed by atoms with van der Waals surface area (Å²) < 4.78 is 6.23. The van der Waals surface area contributed by atoms with Crippen LogP contribution in [0.15, 0.2) is 11.6 Å². The molecule has 2 aliphatic rings. The Labute approximate surface area is 116 Å². The maximum absolute atomic E-state index is 10.2. The summed E-state index contributed by atoms with van der Waals surface area (Å²) in [7, 11) is 0. The highest BCUT2D eigenvalue weighted by Gasteiger charge is 2.50. The number of hydrogen-bond acceptors (Lipinski definition) is 3. The predicted molar refractivity (Wildman–Crippen MR) is 75.9 cm³/mol. The molecule has 0 heterocycles. The summed E-state index contributed by atoms with van der Waals surface area (Å²) in [6.07, 6.45) is 4.98. The second-order valence-electron chi connectivity index (χ2n) is 7.64. The smallest absolute Gasteiger partial charge is 0.106 e. The lowest BCUT2D eigenvalue weighted by Crippen LogP contribution is -2.53. The van der Waals surface area contributed by atoms with E-state index in [0.29, 0.717) is 6.42 Å². The van der Waals surface area contributed by atoms with Crippen molar-refractivity contribution in [3.05, 3.63) is 11.6 Å². The highest BCUT2D eigenvalue weighted by molar-refractivity contribution is 5.28. The van der Waals surface area contributed by atoms with Gasteiger partial charge >= 0.3 is 0 Å². The molecular formula is C16H28O3. The lowest BCUT2D eigenvalue weighted by molar-refractivity contribution is -0.142.